The van der Waals surface area contributed by atoms with Gasteiger partial charge in [-0.3, -0.25) is 9.59 Å². The van der Waals surface area contributed by atoms with Crippen molar-refractivity contribution in [3.8, 4) is 6.07 Å². The summed E-state index contributed by atoms with van der Waals surface area (Å²) in [7, 11) is 0. The standard InChI is InChI=1S/C25H30N6O2/c26-16-17-1-3-18(4-2-17)25(33)31-13-11-30(12-14-31)23-10-5-19(15-22(23)28)24(32)29-21-8-6-20(27)7-9-21/h1-5,10,15,20-21H,6-9,11-14,27-28H2,(H,29,32). The van der Waals surface area contributed by atoms with E-state index in [1.807, 2.05) is 17.0 Å². The number of carbonyl (C=O) groups is 2. The molecule has 4 rings (SSSR count). The number of nitriles is 1. The van der Waals surface area contributed by atoms with Gasteiger partial charge in [0.15, 0.2) is 0 Å². The van der Waals surface area contributed by atoms with E-state index in [1.54, 1.807) is 30.3 Å². The monoisotopic (exact) mass is 446 g/mol. The van der Waals surface area contributed by atoms with Gasteiger partial charge in [-0.05, 0) is 68.1 Å². The van der Waals surface area contributed by atoms with Crippen LogP contribution in [0.5, 0.6) is 0 Å². The molecule has 0 bridgehead atoms. The molecule has 2 fully saturated rings. The topological polar surface area (TPSA) is 128 Å². The Kier molecular flexibility index (Phi) is 6.80. The van der Waals surface area contributed by atoms with Gasteiger partial charge in [0.25, 0.3) is 11.8 Å². The molecule has 2 aromatic carbocycles. The number of piperazine rings is 1. The second-order valence-corrected chi connectivity index (χ2v) is 8.83. The lowest BCUT2D eigenvalue weighted by atomic mass is 9.91. The van der Waals surface area contributed by atoms with Gasteiger partial charge in [-0.2, -0.15) is 5.26 Å². The third-order valence-corrected chi connectivity index (χ3v) is 6.57. The van der Waals surface area contributed by atoms with Crippen LogP contribution in [0.2, 0.25) is 0 Å². The molecule has 0 atom stereocenters. The second kappa shape index (κ2) is 9.92. The van der Waals surface area contributed by atoms with Gasteiger partial charge < -0.3 is 26.6 Å². The van der Waals surface area contributed by atoms with Crippen molar-refractivity contribution in [3.05, 3.63) is 59.2 Å². The molecular weight excluding hydrogens is 416 g/mol. The van der Waals surface area contributed by atoms with Crippen molar-refractivity contribution in [1.29, 1.82) is 5.26 Å². The summed E-state index contributed by atoms with van der Waals surface area (Å²) >= 11 is 0. The highest BCUT2D eigenvalue weighted by atomic mass is 16.2. The van der Waals surface area contributed by atoms with Crippen molar-refractivity contribution >= 4 is 23.2 Å². The Morgan fingerprint density at radius 1 is 0.939 bits per heavy atom. The number of rotatable bonds is 4. The van der Waals surface area contributed by atoms with Gasteiger partial charge in [0.1, 0.15) is 0 Å². The highest BCUT2D eigenvalue weighted by Gasteiger charge is 2.24. The van der Waals surface area contributed by atoms with E-state index < -0.39 is 0 Å². The number of benzene rings is 2. The van der Waals surface area contributed by atoms with Crippen LogP contribution in [-0.2, 0) is 0 Å². The number of nitrogens with one attached hydrogen (secondary N) is 1. The lowest BCUT2D eigenvalue weighted by Gasteiger charge is -2.36. The molecule has 33 heavy (non-hydrogen) atoms. The predicted molar refractivity (Wildman–Crippen MR) is 128 cm³/mol. The number of nitrogen functional groups attached to an aromatic ring is 1. The third-order valence-electron chi connectivity index (χ3n) is 6.57. The van der Waals surface area contributed by atoms with E-state index in [9.17, 15) is 9.59 Å². The molecule has 1 saturated heterocycles. The minimum atomic E-state index is -0.105. The minimum absolute atomic E-state index is 0.0391. The number of amides is 2. The quantitative estimate of drug-likeness (QED) is 0.617. The molecule has 8 nitrogen and oxygen atoms in total. The summed E-state index contributed by atoms with van der Waals surface area (Å²) in [6.45, 7) is 2.45. The maximum absolute atomic E-state index is 12.8. The average molecular weight is 447 g/mol. The summed E-state index contributed by atoms with van der Waals surface area (Å²) in [5.74, 6) is -0.144. The van der Waals surface area contributed by atoms with Gasteiger partial charge in [0.05, 0.1) is 23.0 Å². The first kappa shape index (κ1) is 22.6. The molecule has 1 saturated carbocycles. The van der Waals surface area contributed by atoms with Crippen molar-refractivity contribution < 1.29 is 9.59 Å². The summed E-state index contributed by atoms with van der Waals surface area (Å²) in [4.78, 5) is 29.4. The zero-order chi connectivity index (χ0) is 23.4. The molecule has 2 amide bonds. The molecule has 1 aliphatic carbocycles. The summed E-state index contributed by atoms with van der Waals surface area (Å²) in [6, 6.07) is 14.6. The third kappa shape index (κ3) is 5.26. The van der Waals surface area contributed by atoms with Gasteiger partial charge in [0.2, 0.25) is 0 Å². The Balaban J connectivity index is 1.34. The smallest absolute Gasteiger partial charge is 0.253 e. The molecule has 0 radical (unpaired) electrons. The van der Waals surface area contributed by atoms with E-state index in [4.69, 9.17) is 16.7 Å². The Morgan fingerprint density at radius 2 is 1.58 bits per heavy atom. The van der Waals surface area contributed by atoms with Crippen molar-refractivity contribution in [3.63, 3.8) is 0 Å². The molecule has 172 valence electrons. The largest absolute Gasteiger partial charge is 0.397 e. The number of carbonyl (C=O) groups excluding carboxylic acids is 2. The highest BCUT2D eigenvalue weighted by Crippen LogP contribution is 2.26. The van der Waals surface area contributed by atoms with Crippen LogP contribution in [0.3, 0.4) is 0 Å². The molecule has 1 aliphatic heterocycles. The summed E-state index contributed by atoms with van der Waals surface area (Å²) in [6.07, 6.45) is 3.69. The normalized spacial score (nSPS) is 20.7. The lowest BCUT2D eigenvalue weighted by Crippen LogP contribution is -2.49. The molecule has 1 heterocycles. The lowest BCUT2D eigenvalue weighted by molar-refractivity contribution is 0.0746. The Bertz CT molecular complexity index is 1050. The van der Waals surface area contributed by atoms with Crippen LogP contribution in [0.15, 0.2) is 42.5 Å². The van der Waals surface area contributed by atoms with Crippen molar-refractivity contribution in [2.24, 2.45) is 5.73 Å². The first-order valence-corrected chi connectivity index (χ1v) is 11.4. The highest BCUT2D eigenvalue weighted by molar-refractivity contribution is 5.96. The van der Waals surface area contributed by atoms with Crippen LogP contribution in [0.25, 0.3) is 0 Å². The fourth-order valence-corrected chi connectivity index (χ4v) is 4.54. The van der Waals surface area contributed by atoms with Crippen molar-refractivity contribution in [2.75, 3.05) is 36.8 Å². The second-order valence-electron chi connectivity index (χ2n) is 8.83. The van der Waals surface area contributed by atoms with Gasteiger partial charge >= 0.3 is 0 Å². The van der Waals surface area contributed by atoms with Gasteiger partial charge in [-0.15, -0.1) is 0 Å². The number of anilines is 2. The Morgan fingerprint density at radius 3 is 2.18 bits per heavy atom. The molecule has 8 heteroatoms. The van der Waals surface area contributed by atoms with Gasteiger partial charge in [0, 0.05) is 49.4 Å². The van der Waals surface area contributed by atoms with E-state index in [-0.39, 0.29) is 23.9 Å². The molecule has 0 unspecified atom stereocenters. The van der Waals surface area contributed by atoms with Gasteiger partial charge in [-0.1, -0.05) is 0 Å². The first-order valence-electron chi connectivity index (χ1n) is 11.4. The average Bonchev–Trinajstić information content (AvgIpc) is 2.85. The van der Waals surface area contributed by atoms with Gasteiger partial charge in [-0.25, -0.2) is 0 Å². The number of nitrogens with zero attached hydrogens (tertiary/aromatic N) is 3. The maximum Gasteiger partial charge on any atom is 0.253 e. The first-order chi connectivity index (χ1) is 15.9. The molecule has 2 aromatic rings. The Hall–Kier alpha value is -3.57. The van der Waals surface area contributed by atoms with E-state index in [0.29, 0.717) is 48.6 Å². The van der Waals surface area contributed by atoms with E-state index in [1.165, 1.54) is 0 Å². The van der Waals surface area contributed by atoms with E-state index in [2.05, 4.69) is 16.3 Å². The molecule has 5 N–H and O–H groups in total. The van der Waals surface area contributed by atoms with Crippen LogP contribution in [0.4, 0.5) is 11.4 Å². The van der Waals surface area contributed by atoms with E-state index >= 15 is 0 Å². The molecule has 2 aliphatic rings. The maximum atomic E-state index is 12.8. The summed E-state index contributed by atoms with van der Waals surface area (Å²) in [5.41, 5.74) is 15.4. The SMILES string of the molecule is N#Cc1ccc(C(=O)N2CCN(c3ccc(C(=O)NC4CCC(N)CC4)cc3N)CC2)cc1. The van der Waals surface area contributed by atoms with Crippen LogP contribution < -0.4 is 21.7 Å². The molecular formula is C25H30N6O2. The van der Waals surface area contributed by atoms with Crippen LogP contribution in [0.1, 0.15) is 52.0 Å². The predicted octanol–water partition coefficient (Wildman–Crippen LogP) is 2.10. The summed E-state index contributed by atoms with van der Waals surface area (Å²) in [5, 5.41) is 12.0. The van der Waals surface area contributed by atoms with Crippen LogP contribution in [0, 0.1) is 11.3 Å². The number of hydrogen-bond acceptors (Lipinski definition) is 6. The van der Waals surface area contributed by atoms with E-state index in [0.717, 1.165) is 31.4 Å². The molecule has 0 spiro atoms. The Labute approximate surface area is 194 Å². The van der Waals surface area contributed by atoms with Crippen LogP contribution in [-0.4, -0.2) is 55.0 Å². The minimum Gasteiger partial charge on any atom is -0.397 e. The zero-order valence-corrected chi connectivity index (χ0v) is 18.7. The molecule has 0 aromatic heterocycles. The van der Waals surface area contributed by atoms with Crippen molar-refractivity contribution in [1.82, 2.24) is 10.2 Å². The number of nitrogens with two attached hydrogens (primary N) is 2. The fourth-order valence-electron chi connectivity index (χ4n) is 4.54. The summed E-state index contributed by atoms with van der Waals surface area (Å²) < 4.78 is 0. The zero-order valence-electron chi connectivity index (χ0n) is 18.7. The van der Waals surface area contributed by atoms with Crippen molar-refractivity contribution in [2.45, 2.75) is 37.8 Å². The number of hydrogen-bond donors (Lipinski definition) is 3. The van der Waals surface area contributed by atoms with Crippen LogP contribution >= 0.6 is 0 Å². The fraction of sp³-hybridized carbons (Fsp3) is 0.400.